The van der Waals surface area contributed by atoms with Gasteiger partial charge in [0.2, 0.25) is 11.8 Å². The van der Waals surface area contributed by atoms with Crippen molar-refractivity contribution in [2.75, 3.05) is 12.4 Å². The van der Waals surface area contributed by atoms with E-state index >= 15 is 0 Å². The monoisotopic (exact) mass is 520 g/mol. The van der Waals surface area contributed by atoms with E-state index in [1.165, 1.54) is 41.8 Å². The molecule has 15 heteroatoms. The van der Waals surface area contributed by atoms with Crippen molar-refractivity contribution in [1.29, 1.82) is 0 Å². The van der Waals surface area contributed by atoms with E-state index in [2.05, 4.69) is 25.4 Å². The third-order valence-electron chi connectivity index (χ3n) is 5.34. The Bertz CT molecular complexity index is 1690. The van der Waals surface area contributed by atoms with Crippen LogP contribution in [0.5, 0.6) is 17.4 Å². The molecule has 0 bridgehead atoms. The van der Waals surface area contributed by atoms with Gasteiger partial charge in [-0.3, -0.25) is 4.79 Å². The van der Waals surface area contributed by atoms with Crippen molar-refractivity contribution < 1.29 is 22.6 Å². The van der Waals surface area contributed by atoms with E-state index in [1.54, 1.807) is 13.2 Å². The van der Waals surface area contributed by atoms with Crippen LogP contribution in [-0.2, 0) is 20.3 Å². The van der Waals surface area contributed by atoms with Crippen molar-refractivity contribution in [2.24, 2.45) is 14.1 Å². The second-order valence-electron chi connectivity index (χ2n) is 7.62. The average molecular weight is 521 g/mol. The van der Waals surface area contributed by atoms with Crippen LogP contribution in [0.15, 0.2) is 41.8 Å². The van der Waals surface area contributed by atoms with Gasteiger partial charge in [0.25, 0.3) is 5.56 Å². The van der Waals surface area contributed by atoms with Crippen LogP contribution in [0.3, 0.4) is 0 Å². The number of aromatic nitrogens is 7. The highest BCUT2D eigenvalue weighted by molar-refractivity contribution is 6.36. The van der Waals surface area contributed by atoms with Gasteiger partial charge in [0.15, 0.2) is 22.7 Å². The van der Waals surface area contributed by atoms with Crippen LogP contribution in [0, 0.1) is 0 Å². The molecule has 0 aliphatic rings. The number of aryl methyl sites for hydroxylation is 2. The quantitative estimate of drug-likeness (QED) is 0.371. The highest BCUT2D eigenvalue weighted by Crippen LogP contribution is 2.38. The first-order chi connectivity index (χ1) is 17.1. The maximum Gasteiger partial charge on any atom is 0.417 e. The minimum Gasteiger partial charge on any atom is -0.479 e. The number of nitrogens with zero attached hydrogens (tertiary/aromatic N) is 7. The molecular weight excluding hydrogens is 505 g/mol. The topological polar surface area (TPSA) is 113 Å². The summed E-state index contributed by atoms with van der Waals surface area (Å²) in [5, 5.41) is 6.98. The van der Waals surface area contributed by atoms with Crippen molar-refractivity contribution in [3.8, 4) is 17.4 Å². The number of methoxy groups -OCH3 is 1. The summed E-state index contributed by atoms with van der Waals surface area (Å²) in [7, 11) is 4.25. The number of hydrogen-bond donors (Lipinski definition) is 1. The highest BCUT2D eigenvalue weighted by Gasteiger charge is 2.32. The van der Waals surface area contributed by atoms with Crippen LogP contribution in [-0.4, -0.2) is 40.8 Å². The van der Waals surface area contributed by atoms with E-state index in [-0.39, 0.29) is 33.9 Å². The molecule has 0 fully saturated rings. The fourth-order valence-electron chi connectivity index (χ4n) is 3.60. The van der Waals surface area contributed by atoms with Crippen LogP contribution >= 0.6 is 11.6 Å². The molecule has 0 aliphatic heterocycles. The van der Waals surface area contributed by atoms with E-state index in [0.29, 0.717) is 16.8 Å². The molecule has 5 rings (SSSR count). The molecule has 0 saturated heterocycles. The molecule has 11 nitrogen and oxygen atoms in total. The van der Waals surface area contributed by atoms with Gasteiger partial charge in [-0.05, 0) is 6.07 Å². The van der Waals surface area contributed by atoms with Gasteiger partial charge in [-0.1, -0.05) is 11.6 Å². The molecule has 5 aromatic rings. The largest absolute Gasteiger partial charge is 0.479 e. The number of pyridine rings is 2. The normalized spacial score (nSPS) is 11.9. The van der Waals surface area contributed by atoms with Crippen molar-refractivity contribution in [1.82, 2.24) is 33.7 Å². The zero-order valence-electron chi connectivity index (χ0n) is 18.8. The summed E-state index contributed by atoms with van der Waals surface area (Å²) in [4.78, 5) is 25.1. The molecule has 0 unspecified atom stereocenters. The summed E-state index contributed by atoms with van der Waals surface area (Å²) in [6, 6.07) is 0.720. The number of imidazole rings is 1. The minimum atomic E-state index is -4.64. The summed E-state index contributed by atoms with van der Waals surface area (Å²) in [5.41, 5.74) is -1.01. The standard InChI is InChI=1S/C21H16ClF3N8O3/c1-31-9-10(21(23,24)25)6-11(19(31)34)29-20-30-17-16(32(20)2)14(22)12(7-27-17)36-13-8-28-33-5-4-26-18(35-3)15(13)33/h4-9H,1-3H3,(H,27,29,30). The number of anilines is 2. The van der Waals surface area contributed by atoms with Gasteiger partial charge in [-0.2, -0.15) is 23.3 Å². The molecule has 0 spiro atoms. The molecule has 0 amide bonds. The Morgan fingerprint density at radius 3 is 2.61 bits per heavy atom. The van der Waals surface area contributed by atoms with Gasteiger partial charge in [-0.25, -0.2) is 14.5 Å². The smallest absolute Gasteiger partial charge is 0.417 e. The molecule has 0 atom stereocenters. The fraction of sp³-hybridized carbons (Fsp3) is 0.190. The van der Waals surface area contributed by atoms with Crippen molar-refractivity contribution in [3.05, 3.63) is 58.0 Å². The molecule has 186 valence electrons. The first-order valence-corrected chi connectivity index (χ1v) is 10.6. The molecule has 0 radical (unpaired) electrons. The Kier molecular flexibility index (Phi) is 5.47. The van der Waals surface area contributed by atoms with Gasteiger partial charge in [0.1, 0.15) is 16.2 Å². The number of nitrogens with one attached hydrogen (secondary N) is 1. The van der Waals surface area contributed by atoms with E-state index in [9.17, 15) is 18.0 Å². The van der Waals surface area contributed by atoms with Crippen LogP contribution in [0.25, 0.3) is 16.7 Å². The lowest BCUT2D eigenvalue weighted by Gasteiger charge is -2.12. The lowest BCUT2D eigenvalue weighted by Crippen LogP contribution is -2.23. The van der Waals surface area contributed by atoms with Crippen molar-refractivity contribution >= 4 is 39.9 Å². The van der Waals surface area contributed by atoms with E-state index < -0.39 is 17.3 Å². The minimum absolute atomic E-state index is 0.0508. The Balaban J connectivity index is 1.55. The molecule has 5 heterocycles. The number of ether oxygens (including phenoxy) is 2. The van der Waals surface area contributed by atoms with Gasteiger partial charge < -0.3 is 23.9 Å². The first-order valence-electron chi connectivity index (χ1n) is 10.2. The average Bonchev–Trinajstić information content (AvgIpc) is 3.39. The Hall–Kier alpha value is -4.33. The zero-order valence-corrected chi connectivity index (χ0v) is 19.6. The lowest BCUT2D eigenvalue weighted by molar-refractivity contribution is -0.138. The summed E-state index contributed by atoms with van der Waals surface area (Å²) in [6.07, 6.45) is 2.02. The number of halogens is 4. The highest BCUT2D eigenvalue weighted by atomic mass is 35.5. The van der Waals surface area contributed by atoms with E-state index in [0.717, 1.165) is 16.8 Å². The van der Waals surface area contributed by atoms with Crippen molar-refractivity contribution in [3.63, 3.8) is 0 Å². The number of alkyl halides is 3. The summed E-state index contributed by atoms with van der Waals surface area (Å²) in [5.74, 6) is 0.796. The molecule has 1 N–H and O–H groups in total. The lowest BCUT2D eigenvalue weighted by atomic mass is 10.2. The van der Waals surface area contributed by atoms with Gasteiger partial charge >= 0.3 is 6.18 Å². The van der Waals surface area contributed by atoms with Crippen LogP contribution in [0.4, 0.5) is 24.8 Å². The van der Waals surface area contributed by atoms with Crippen molar-refractivity contribution in [2.45, 2.75) is 6.18 Å². The summed E-state index contributed by atoms with van der Waals surface area (Å²) < 4.78 is 54.7. The molecule has 36 heavy (non-hydrogen) atoms. The summed E-state index contributed by atoms with van der Waals surface area (Å²) in [6.45, 7) is 0. The summed E-state index contributed by atoms with van der Waals surface area (Å²) >= 11 is 6.60. The van der Waals surface area contributed by atoms with Gasteiger partial charge in [-0.15, -0.1) is 0 Å². The number of fused-ring (bicyclic) bond motifs is 2. The van der Waals surface area contributed by atoms with Gasteiger partial charge in [0, 0.05) is 32.7 Å². The van der Waals surface area contributed by atoms with Crippen LogP contribution in [0.2, 0.25) is 5.02 Å². The Labute approximate surface area is 204 Å². The number of hydrogen-bond acceptors (Lipinski definition) is 8. The van der Waals surface area contributed by atoms with Crippen LogP contribution in [0.1, 0.15) is 5.56 Å². The van der Waals surface area contributed by atoms with Gasteiger partial charge in [0.05, 0.1) is 25.1 Å². The predicted molar refractivity (Wildman–Crippen MR) is 123 cm³/mol. The van der Waals surface area contributed by atoms with E-state index in [4.69, 9.17) is 21.1 Å². The first kappa shape index (κ1) is 23.4. The molecule has 0 aromatic carbocycles. The second-order valence-corrected chi connectivity index (χ2v) is 8.00. The predicted octanol–water partition coefficient (Wildman–Crippen LogP) is 3.93. The fourth-order valence-corrected chi connectivity index (χ4v) is 3.90. The third kappa shape index (κ3) is 3.84. The third-order valence-corrected chi connectivity index (χ3v) is 5.70. The molecular formula is C21H16ClF3N8O3. The SMILES string of the molecule is COc1nccn2ncc(Oc3cnc4nc(Nc5cc(C(F)(F)F)cn(C)c5=O)n(C)c4c3Cl)c12. The second kappa shape index (κ2) is 8.41. The zero-order chi connectivity index (χ0) is 25.8. The molecule has 5 aromatic heterocycles. The maximum absolute atomic E-state index is 13.2. The molecule has 0 saturated carbocycles. The van der Waals surface area contributed by atoms with E-state index in [1.807, 2.05) is 0 Å². The van der Waals surface area contributed by atoms with Crippen LogP contribution < -0.4 is 20.3 Å². The maximum atomic E-state index is 13.2. The Morgan fingerprint density at radius 1 is 1.11 bits per heavy atom. The Morgan fingerprint density at radius 2 is 1.89 bits per heavy atom. The molecule has 0 aliphatic carbocycles. The number of rotatable bonds is 5.